The standard InChI is InChI=1S/C11H22N4O/c1-4-15(5-2)8-6-7-12-9-11-14-13-10(3)16-11/h12H,4-9H2,1-3H3. The van der Waals surface area contributed by atoms with Gasteiger partial charge in [0.05, 0.1) is 6.54 Å². The van der Waals surface area contributed by atoms with E-state index in [1.165, 1.54) is 0 Å². The van der Waals surface area contributed by atoms with E-state index in [4.69, 9.17) is 4.42 Å². The zero-order valence-electron chi connectivity index (χ0n) is 10.5. The van der Waals surface area contributed by atoms with Gasteiger partial charge < -0.3 is 14.6 Å². The topological polar surface area (TPSA) is 54.2 Å². The van der Waals surface area contributed by atoms with Crippen LogP contribution in [-0.2, 0) is 6.54 Å². The molecule has 0 saturated heterocycles. The molecule has 0 aliphatic carbocycles. The Morgan fingerprint density at radius 1 is 1.25 bits per heavy atom. The zero-order chi connectivity index (χ0) is 11.8. The van der Waals surface area contributed by atoms with Crippen molar-refractivity contribution in [2.75, 3.05) is 26.2 Å². The summed E-state index contributed by atoms with van der Waals surface area (Å²) in [7, 11) is 0. The number of rotatable bonds is 8. The minimum Gasteiger partial charge on any atom is -0.424 e. The van der Waals surface area contributed by atoms with Gasteiger partial charge in [0.2, 0.25) is 11.8 Å². The molecule has 0 amide bonds. The average Bonchev–Trinajstić information content (AvgIpc) is 2.70. The van der Waals surface area contributed by atoms with Crippen LogP contribution in [0.1, 0.15) is 32.0 Å². The van der Waals surface area contributed by atoms with E-state index in [-0.39, 0.29) is 0 Å². The Kier molecular flexibility index (Phi) is 6.03. The third-order valence-electron chi connectivity index (χ3n) is 2.57. The molecule has 0 saturated carbocycles. The van der Waals surface area contributed by atoms with E-state index in [0.29, 0.717) is 18.3 Å². The van der Waals surface area contributed by atoms with E-state index < -0.39 is 0 Å². The molecule has 5 nitrogen and oxygen atoms in total. The maximum Gasteiger partial charge on any atom is 0.230 e. The van der Waals surface area contributed by atoms with Gasteiger partial charge in [0.1, 0.15) is 0 Å². The van der Waals surface area contributed by atoms with Crippen molar-refractivity contribution in [3.05, 3.63) is 11.8 Å². The highest BCUT2D eigenvalue weighted by atomic mass is 16.4. The molecular weight excluding hydrogens is 204 g/mol. The first-order chi connectivity index (χ1) is 7.76. The van der Waals surface area contributed by atoms with Gasteiger partial charge in [-0.2, -0.15) is 0 Å². The lowest BCUT2D eigenvalue weighted by molar-refractivity contribution is 0.297. The van der Waals surface area contributed by atoms with Gasteiger partial charge in [0, 0.05) is 6.92 Å². The van der Waals surface area contributed by atoms with Gasteiger partial charge in [-0.1, -0.05) is 13.8 Å². The van der Waals surface area contributed by atoms with Crippen molar-refractivity contribution in [2.24, 2.45) is 0 Å². The van der Waals surface area contributed by atoms with Crippen molar-refractivity contribution >= 4 is 0 Å². The van der Waals surface area contributed by atoms with Gasteiger partial charge >= 0.3 is 0 Å². The Balaban J connectivity index is 2.04. The van der Waals surface area contributed by atoms with Crippen LogP contribution in [0.5, 0.6) is 0 Å². The van der Waals surface area contributed by atoms with Crippen molar-refractivity contribution in [3.8, 4) is 0 Å². The molecule has 0 spiro atoms. The fraction of sp³-hybridized carbons (Fsp3) is 0.818. The van der Waals surface area contributed by atoms with Gasteiger partial charge in [0.15, 0.2) is 0 Å². The minimum atomic E-state index is 0.625. The SMILES string of the molecule is CCN(CC)CCCNCc1nnc(C)o1. The molecule has 1 heterocycles. The quantitative estimate of drug-likeness (QED) is 0.675. The molecule has 0 fully saturated rings. The van der Waals surface area contributed by atoms with E-state index >= 15 is 0 Å². The predicted octanol–water partition coefficient (Wildman–Crippen LogP) is 1.20. The number of aryl methyl sites for hydroxylation is 1. The smallest absolute Gasteiger partial charge is 0.230 e. The van der Waals surface area contributed by atoms with Gasteiger partial charge in [-0.25, -0.2) is 0 Å². The summed E-state index contributed by atoms with van der Waals surface area (Å²) in [5, 5.41) is 11.0. The number of nitrogens with one attached hydrogen (secondary N) is 1. The lowest BCUT2D eigenvalue weighted by Gasteiger charge is -2.17. The maximum atomic E-state index is 5.26. The van der Waals surface area contributed by atoms with Crippen LogP contribution in [0.2, 0.25) is 0 Å². The van der Waals surface area contributed by atoms with Crippen LogP contribution in [0.4, 0.5) is 0 Å². The number of hydrogen-bond acceptors (Lipinski definition) is 5. The Morgan fingerprint density at radius 3 is 2.56 bits per heavy atom. The summed E-state index contributed by atoms with van der Waals surface area (Å²) in [5.41, 5.74) is 0. The number of nitrogens with zero attached hydrogens (tertiary/aromatic N) is 3. The van der Waals surface area contributed by atoms with Crippen molar-refractivity contribution in [1.29, 1.82) is 0 Å². The highest BCUT2D eigenvalue weighted by Gasteiger charge is 2.01. The summed E-state index contributed by atoms with van der Waals surface area (Å²) < 4.78 is 5.26. The first-order valence-electron chi connectivity index (χ1n) is 5.98. The molecule has 5 heteroatoms. The number of aromatic nitrogens is 2. The molecule has 0 atom stereocenters. The molecule has 0 aliphatic heterocycles. The molecule has 1 rings (SSSR count). The van der Waals surface area contributed by atoms with Crippen LogP contribution < -0.4 is 5.32 Å². The Bertz CT molecular complexity index is 283. The average molecular weight is 226 g/mol. The van der Waals surface area contributed by atoms with Gasteiger partial charge in [-0.05, 0) is 32.6 Å². The molecule has 1 N–H and O–H groups in total. The van der Waals surface area contributed by atoms with Crippen molar-refractivity contribution in [3.63, 3.8) is 0 Å². The van der Waals surface area contributed by atoms with E-state index in [2.05, 4.69) is 34.3 Å². The van der Waals surface area contributed by atoms with Crippen LogP contribution in [0.25, 0.3) is 0 Å². The molecule has 92 valence electrons. The fourth-order valence-corrected chi connectivity index (χ4v) is 1.57. The van der Waals surface area contributed by atoms with Crippen LogP contribution in [0, 0.1) is 6.92 Å². The minimum absolute atomic E-state index is 0.625. The Morgan fingerprint density at radius 2 is 2.00 bits per heavy atom. The van der Waals surface area contributed by atoms with E-state index in [1.807, 2.05) is 0 Å². The van der Waals surface area contributed by atoms with Crippen molar-refractivity contribution in [1.82, 2.24) is 20.4 Å². The van der Waals surface area contributed by atoms with Gasteiger partial charge in [-0.15, -0.1) is 10.2 Å². The van der Waals surface area contributed by atoms with E-state index in [9.17, 15) is 0 Å². The monoisotopic (exact) mass is 226 g/mol. The number of hydrogen-bond donors (Lipinski definition) is 1. The summed E-state index contributed by atoms with van der Waals surface area (Å²) in [4.78, 5) is 2.42. The summed E-state index contributed by atoms with van der Waals surface area (Å²) in [6, 6.07) is 0. The van der Waals surface area contributed by atoms with Crippen LogP contribution in [-0.4, -0.2) is 41.3 Å². The van der Waals surface area contributed by atoms with Crippen LogP contribution >= 0.6 is 0 Å². The molecule has 0 aromatic carbocycles. The third-order valence-corrected chi connectivity index (χ3v) is 2.57. The Hall–Kier alpha value is -0.940. The summed E-state index contributed by atoms with van der Waals surface area (Å²) >= 11 is 0. The molecule has 1 aromatic rings. The second-order valence-electron chi connectivity index (χ2n) is 3.77. The highest BCUT2D eigenvalue weighted by Crippen LogP contribution is 1.96. The van der Waals surface area contributed by atoms with Crippen LogP contribution in [0.15, 0.2) is 4.42 Å². The molecule has 1 aromatic heterocycles. The van der Waals surface area contributed by atoms with Gasteiger partial charge in [-0.3, -0.25) is 0 Å². The highest BCUT2D eigenvalue weighted by molar-refractivity contribution is 4.77. The lowest BCUT2D eigenvalue weighted by Crippen LogP contribution is -2.27. The summed E-state index contributed by atoms with van der Waals surface area (Å²) in [6.45, 7) is 11.2. The second kappa shape index (κ2) is 7.35. The van der Waals surface area contributed by atoms with Crippen molar-refractivity contribution < 1.29 is 4.42 Å². The van der Waals surface area contributed by atoms with Gasteiger partial charge in [0.25, 0.3) is 0 Å². The van der Waals surface area contributed by atoms with Crippen molar-refractivity contribution in [2.45, 2.75) is 33.7 Å². The first-order valence-corrected chi connectivity index (χ1v) is 5.98. The molecule has 16 heavy (non-hydrogen) atoms. The largest absolute Gasteiger partial charge is 0.424 e. The molecule has 0 aliphatic rings. The molecule has 0 bridgehead atoms. The van der Waals surface area contributed by atoms with E-state index in [0.717, 1.165) is 32.6 Å². The normalized spacial score (nSPS) is 11.2. The maximum absolute atomic E-state index is 5.26. The molecule has 0 unspecified atom stereocenters. The Labute approximate surface area is 97.2 Å². The first kappa shape index (κ1) is 13.1. The molecule has 0 radical (unpaired) electrons. The molecular formula is C11H22N4O. The summed E-state index contributed by atoms with van der Waals surface area (Å²) in [6.07, 6.45) is 1.15. The third kappa shape index (κ3) is 4.72. The second-order valence-corrected chi connectivity index (χ2v) is 3.77. The predicted molar refractivity (Wildman–Crippen MR) is 63.1 cm³/mol. The fourth-order valence-electron chi connectivity index (χ4n) is 1.57. The van der Waals surface area contributed by atoms with Crippen LogP contribution in [0.3, 0.4) is 0 Å². The zero-order valence-corrected chi connectivity index (χ0v) is 10.5. The lowest BCUT2D eigenvalue weighted by atomic mass is 10.3. The summed E-state index contributed by atoms with van der Waals surface area (Å²) in [5.74, 6) is 1.29. The van der Waals surface area contributed by atoms with E-state index in [1.54, 1.807) is 6.92 Å².